The molecular formula is C23H31N6O8PS. The van der Waals surface area contributed by atoms with Crippen molar-refractivity contribution in [2.24, 2.45) is 0 Å². The summed E-state index contributed by atoms with van der Waals surface area (Å²) >= 11 is 5.26. The number of nitrogens with two attached hydrogens (primary N) is 1. The molecule has 212 valence electrons. The lowest BCUT2D eigenvalue weighted by molar-refractivity contribution is -0.0947. The number of H-pyrrole nitrogens is 1. The van der Waals surface area contributed by atoms with Gasteiger partial charge < -0.3 is 44.7 Å². The van der Waals surface area contributed by atoms with Crippen LogP contribution in [0.5, 0.6) is 5.75 Å². The Morgan fingerprint density at radius 2 is 2.08 bits per heavy atom. The van der Waals surface area contributed by atoms with Gasteiger partial charge >= 0.3 is 5.95 Å². The van der Waals surface area contributed by atoms with E-state index in [1.807, 2.05) is 19.9 Å². The molecule has 0 radical (unpaired) electrons. The summed E-state index contributed by atoms with van der Waals surface area (Å²) in [5, 5.41) is 24.6. The highest BCUT2D eigenvalue weighted by atomic mass is 32.5. The maximum Gasteiger partial charge on any atom is 0.305 e. The number of rotatable bonds is 10. The van der Waals surface area contributed by atoms with Crippen molar-refractivity contribution < 1.29 is 33.8 Å². The second-order valence-electron chi connectivity index (χ2n) is 9.39. The van der Waals surface area contributed by atoms with Crippen molar-refractivity contribution in [3.05, 3.63) is 58.7 Å². The van der Waals surface area contributed by atoms with Gasteiger partial charge in [-0.25, -0.2) is 4.98 Å². The fourth-order valence-electron chi connectivity index (χ4n) is 3.96. The number of benzene rings is 1. The molecule has 0 saturated carbocycles. The number of allylic oxidation sites excluding steroid dienone is 1. The number of nitrogens with zero attached hydrogens (tertiary/aromatic N) is 3. The fraction of sp³-hybridized carbons (Fsp3) is 0.435. The summed E-state index contributed by atoms with van der Waals surface area (Å²) < 4.78 is 24.3. The molecule has 0 bridgehead atoms. The monoisotopic (exact) mass is 582 g/mol. The molecule has 1 fully saturated rings. The molecule has 3 aromatic rings. The minimum Gasteiger partial charge on any atom is -0.461 e. The smallest absolute Gasteiger partial charge is 0.305 e. The maximum absolute atomic E-state index is 12.1. The first-order valence-corrected chi connectivity index (χ1v) is 14.6. The number of anilines is 1. The van der Waals surface area contributed by atoms with Gasteiger partial charge in [0.1, 0.15) is 23.6 Å². The van der Waals surface area contributed by atoms with Crippen molar-refractivity contribution in [2.75, 3.05) is 12.3 Å². The molecule has 0 aliphatic carbocycles. The molecule has 14 nitrogen and oxygen atoms in total. The van der Waals surface area contributed by atoms with Crippen molar-refractivity contribution in [2.45, 2.75) is 57.8 Å². The minimum absolute atomic E-state index is 0.0211. The molecule has 1 aliphatic rings. The van der Waals surface area contributed by atoms with Crippen molar-refractivity contribution in [3.63, 3.8) is 0 Å². The second kappa shape index (κ2) is 11.2. The number of hydrogen-bond acceptors (Lipinski definition) is 11. The highest BCUT2D eigenvalue weighted by Crippen LogP contribution is 2.43. The van der Waals surface area contributed by atoms with Gasteiger partial charge in [-0.05, 0) is 51.6 Å². The number of aliphatic hydroxyl groups is 2. The molecule has 16 heteroatoms. The number of aromatic amines is 1. The maximum atomic E-state index is 12.1. The van der Waals surface area contributed by atoms with Gasteiger partial charge in [-0.1, -0.05) is 18.2 Å². The van der Waals surface area contributed by atoms with Crippen molar-refractivity contribution in [1.82, 2.24) is 24.6 Å². The van der Waals surface area contributed by atoms with E-state index in [1.165, 1.54) is 17.8 Å². The van der Waals surface area contributed by atoms with Gasteiger partial charge in [0.15, 0.2) is 17.4 Å². The number of ether oxygens (including phenoxy) is 3. The van der Waals surface area contributed by atoms with E-state index in [0.29, 0.717) is 5.75 Å². The van der Waals surface area contributed by atoms with Gasteiger partial charge in [-0.2, -0.15) is 4.98 Å². The number of aliphatic hydroxyl groups excluding tert-OH is 1. The molecule has 1 saturated heterocycles. The molecule has 5 atom stereocenters. The molecule has 0 amide bonds. The lowest BCUT2D eigenvalue weighted by Gasteiger charge is -2.27. The van der Waals surface area contributed by atoms with Gasteiger partial charge in [0.25, 0.3) is 12.2 Å². The summed E-state index contributed by atoms with van der Waals surface area (Å²) in [5.41, 5.74) is 3.55. The standard InChI is InChI=1S/C23H31N6O8PS/c1-12(2)35-20(36-14-8-6-5-7-9-14)13(3)28-38(33,39)34-10-15-17(30)23(4,32)21(37-15)29-11-25-16-18(29)26-22(24)27-19(16)31/h5-9,11-12,15,17,21,30,32H,10H2,1-4H3,(H2,28,33,39)(H3,24,26,27,31)/t15-,17-,21-,23-,38+/m1/s1. The van der Waals surface area contributed by atoms with Crippen molar-refractivity contribution >= 4 is 35.6 Å². The third kappa shape index (κ3) is 6.41. The second-order valence-corrected chi connectivity index (χ2v) is 12.4. The van der Waals surface area contributed by atoms with Crippen LogP contribution in [-0.4, -0.2) is 65.1 Å². The highest BCUT2D eigenvalue weighted by Gasteiger charge is 2.54. The topological polar surface area (TPSA) is 199 Å². The van der Waals surface area contributed by atoms with Crippen molar-refractivity contribution in [1.29, 1.82) is 0 Å². The molecule has 2 aromatic heterocycles. The predicted octanol–water partition coefficient (Wildman–Crippen LogP) is 1.23. The Balaban J connectivity index is 1.49. The van der Waals surface area contributed by atoms with Crippen LogP contribution in [0.3, 0.4) is 0 Å². The van der Waals surface area contributed by atoms with Crippen LogP contribution in [-0.2, 0) is 25.8 Å². The number of aromatic nitrogens is 4. The summed E-state index contributed by atoms with van der Waals surface area (Å²) in [6, 6.07) is 8.93. The first-order valence-electron chi connectivity index (χ1n) is 11.9. The molecule has 4 rings (SSSR count). The van der Waals surface area contributed by atoms with Crippen LogP contribution in [0.15, 0.2) is 53.1 Å². The van der Waals surface area contributed by atoms with Crippen LogP contribution < -0.4 is 21.1 Å². The summed E-state index contributed by atoms with van der Waals surface area (Å²) in [4.78, 5) is 33.4. The van der Waals surface area contributed by atoms with Crippen LogP contribution in [0.1, 0.15) is 33.9 Å². The van der Waals surface area contributed by atoms with E-state index in [9.17, 15) is 19.9 Å². The zero-order valence-electron chi connectivity index (χ0n) is 21.6. The van der Waals surface area contributed by atoms with E-state index < -0.39 is 36.2 Å². The lowest BCUT2D eigenvalue weighted by atomic mass is 9.96. The van der Waals surface area contributed by atoms with Crippen LogP contribution in [0.4, 0.5) is 5.95 Å². The van der Waals surface area contributed by atoms with E-state index in [1.54, 1.807) is 31.2 Å². The quantitative estimate of drug-likeness (QED) is 0.147. The Bertz CT molecular complexity index is 1460. The molecule has 7 N–H and O–H groups in total. The molecule has 3 heterocycles. The SMILES string of the molecule is CC(N[P@@](O)(=S)OC[C@H]1O[C@@H](n2cnc3c(=O)[nH]c(N)nc32)[C@](C)(O)[C@@H]1O)=C(Oc1ccccc1)OC(C)C. The number of imidazole rings is 1. The largest absolute Gasteiger partial charge is 0.461 e. The van der Waals surface area contributed by atoms with Gasteiger partial charge in [0.05, 0.1) is 24.7 Å². The highest BCUT2D eigenvalue weighted by molar-refractivity contribution is 8.08. The first kappa shape index (κ1) is 29.0. The number of nitrogens with one attached hydrogen (secondary N) is 2. The summed E-state index contributed by atoms with van der Waals surface area (Å²) in [6.45, 7) is 2.50. The lowest BCUT2D eigenvalue weighted by Crippen LogP contribution is -2.44. The Labute approximate surface area is 228 Å². The normalized spacial score (nSPS) is 25.4. The average Bonchev–Trinajstić information content (AvgIpc) is 3.36. The summed E-state index contributed by atoms with van der Waals surface area (Å²) in [7, 11) is 0. The predicted molar refractivity (Wildman–Crippen MR) is 145 cm³/mol. The van der Waals surface area contributed by atoms with Crippen LogP contribution in [0.2, 0.25) is 0 Å². The third-order valence-corrected chi connectivity index (χ3v) is 7.49. The van der Waals surface area contributed by atoms with Crippen molar-refractivity contribution in [3.8, 4) is 5.75 Å². The van der Waals surface area contributed by atoms with Gasteiger partial charge in [0.2, 0.25) is 5.95 Å². The van der Waals surface area contributed by atoms with Gasteiger partial charge in [0, 0.05) is 0 Å². The number of hydrogen-bond donors (Lipinski definition) is 6. The van der Waals surface area contributed by atoms with E-state index in [4.69, 9.17) is 36.3 Å². The Kier molecular flexibility index (Phi) is 8.33. The van der Waals surface area contributed by atoms with Crippen LogP contribution >= 0.6 is 6.64 Å². The molecular weight excluding hydrogens is 551 g/mol. The molecule has 1 aromatic carbocycles. The Morgan fingerprint density at radius 3 is 2.74 bits per heavy atom. The van der Waals surface area contributed by atoms with Crippen LogP contribution in [0.25, 0.3) is 11.2 Å². The van der Waals surface area contributed by atoms with Crippen LogP contribution in [0, 0.1) is 0 Å². The third-order valence-electron chi connectivity index (χ3n) is 5.78. The van der Waals surface area contributed by atoms with Gasteiger partial charge in [-0.3, -0.25) is 14.3 Å². The zero-order chi connectivity index (χ0) is 28.5. The average molecular weight is 583 g/mol. The number of nitrogen functional groups attached to an aromatic ring is 1. The minimum atomic E-state index is -3.70. The molecule has 1 aliphatic heterocycles. The van der Waals surface area contributed by atoms with E-state index in [0.717, 1.165) is 0 Å². The molecule has 0 unspecified atom stereocenters. The van der Waals surface area contributed by atoms with E-state index >= 15 is 0 Å². The first-order chi connectivity index (χ1) is 18.3. The number of fused-ring (bicyclic) bond motifs is 1. The summed E-state index contributed by atoms with van der Waals surface area (Å²) in [6.07, 6.45) is -2.78. The summed E-state index contributed by atoms with van der Waals surface area (Å²) in [5.74, 6) is 0.458. The Hall–Kier alpha value is -3.04. The Morgan fingerprint density at radius 1 is 1.38 bits per heavy atom. The number of para-hydroxylation sites is 1. The van der Waals surface area contributed by atoms with E-state index in [2.05, 4.69) is 20.0 Å². The molecule has 39 heavy (non-hydrogen) atoms. The zero-order valence-corrected chi connectivity index (χ0v) is 23.3. The van der Waals surface area contributed by atoms with Gasteiger partial charge in [-0.15, -0.1) is 0 Å². The molecule has 0 spiro atoms. The fourth-order valence-corrected chi connectivity index (χ4v) is 5.48. The van der Waals surface area contributed by atoms with E-state index in [-0.39, 0.29) is 41.5 Å².